The van der Waals surface area contributed by atoms with Crippen LogP contribution in [0, 0.1) is 5.92 Å². The summed E-state index contributed by atoms with van der Waals surface area (Å²) in [5.41, 5.74) is 0. The minimum Gasteiger partial charge on any atom is -0.127 e. The summed E-state index contributed by atoms with van der Waals surface area (Å²) in [5, 5.41) is 0.226. The quantitative estimate of drug-likeness (QED) is 0.556. The van der Waals surface area contributed by atoms with E-state index in [9.17, 15) is 0 Å². The minimum absolute atomic E-state index is 0.0558. The van der Waals surface area contributed by atoms with Crippen molar-refractivity contribution in [3.05, 3.63) is 0 Å². The fraction of sp³-hybridized carbons (Fsp3) is 1.00. The molecule has 14 heavy (non-hydrogen) atoms. The summed E-state index contributed by atoms with van der Waals surface area (Å²) >= 11 is 23.8. The fourth-order valence-corrected chi connectivity index (χ4v) is 3.04. The van der Waals surface area contributed by atoms with Gasteiger partial charge in [0.15, 0.2) is 0 Å². The Bertz CT molecular complexity index is 129. The smallest absolute Gasteiger partial charge is 0.0390 e. The van der Waals surface area contributed by atoms with Gasteiger partial charge in [-0.15, -0.1) is 46.4 Å². The Kier molecular flexibility index (Phi) is 10.2. The largest absolute Gasteiger partial charge is 0.127 e. The molecule has 0 saturated carbocycles. The van der Waals surface area contributed by atoms with Gasteiger partial charge in [-0.3, -0.25) is 0 Å². The lowest BCUT2D eigenvalue weighted by Gasteiger charge is -2.21. The summed E-state index contributed by atoms with van der Waals surface area (Å²) < 4.78 is 0. The number of hydrogen-bond acceptors (Lipinski definition) is 0. The highest BCUT2D eigenvalue weighted by molar-refractivity contribution is 6.24. The Morgan fingerprint density at radius 1 is 1.07 bits per heavy atom. The molecular formula is C10H18Cl4. The monoisotopic (exact) mass is 278 g/mol. The number of alkyl halides is 4. The molecule has 0 N–H and O–H groups in total. The predicted molar refractivity (Wildman–Crippen MR) is 68.4 cm³/mol. The van der Waals surface area contributed by atoms with Crippen LogP contribution in [0.1, 0.15) is 32.6 Å². The Labute approximate surface area is 107 Å². The van der Waals surface area contributed by atoms with Crippen LogP contribution in [0.2, 0.25) is 0 Å². The first-order valence-corrected chi connectivity index (χ1v) is 6.99. The number of halogens is 4. The molecule has 4 heteroatoms. The second-order valence-corrected chi connectivity index (χ2v) is 5.39. The van der Waals surface area contributed by atoms with Crippen LogP contribution in [0.4, 0.5) is 0 Å². The first kappa shape index (κ1) is 15.2. The van der Waals surface area contributed by atoms with Crippen molar-refractivity contribution >= 4 is 46.4 Å². The van der Waals surface area contributed by atoms with Gasteiger partial charge in [0.25, 0.3) is 0 Å². The van der Waals surface area contributed by atoms with Gasteiger partial charge < -0.3 is 0 Å². The molecule has 0 spiro atoms. The fourth-order valence-electron chi connectivity index (χ4n) is 1.36. The highest BCUT2D eigenvalue weighted by Gasteiger charge is 2.20. The number of hydrogen-bond donors (Lipinski definition) is 0. The maximum atomic E-state index is 6.23. The minimum atomic E-state index is 0.0558. The van der Waals surface area contributed by atoms with Crippen LogP contribution in [-0.4, -0.2) is 22.5 Å². The van der Waals surface area contributed by atoms with E-state index in [1.807, 2.05) is 0 Å². The second-order valence-electron chi connectivity index (χ2n) is 3.53. The molecule has 0 heterocycles. The SMILES string of the molecule is CCCC(Cl)CC(Cl)C(CCl)CCCl. The highest BCUT2D eigenvalue weighted by Crippen LogP contribution is 2.25. The van der Waals surface area contributed by atoms with Crippen molar-refractivity contribution in [3.63, 3.8) is 0 Å². The van der Waals surface area contributed by atoms with Gasteiger partial charge in [0.05, 0.1) is 0 Å². The van der Waals surface area contributed by atoms with E-state index in [0.717, 1.165) is 25.7 Å². The Hall–Kier alpha value is 1.16. The topological polar surface area (TPSA) is 0 Å². The van der Waals surface area contributed by atoms with Crippen LogP contribution in [0.15, 0.2) is 0 Å². The van der Waals surface area contributed by atoms with Crippen LogP contribution < -0.4 is 0 Å². The van der Waals surface area contributed by atoms with Gasteiger partial charge in [-0.05, 0) is 25.2 Å². The van der Waals surface area contributed by atoms with E-state index in [1.165, 1.54) is 0 Å². The van der Waals surface area contributed by atoms with Crippen molar-refractivity contribution in [2.24, 2.45) is 5.92 Å². The van der Waals surface area contributed by atoms with Gasteiger partial charge in [-0.25, -0.2) is 0 Å². The number of rotatable bonds is 8. The van der Waals surface area contributed by atoms with E-state index in [-0.39, 0.29) is 16.7 Å². The molecule has 86 valence electrons. The van der Waals surface area contributed by atoms with Crippen LogP contribution in [0.3, 0.4) is 0 Å². The lowest BCUT2D eigenvalue weighted by atomic mass is 9.99. The van der Waals surface area contributed by atoms with E-state index in [2.05, 4.69) is 6.92 Å². The molecule has 0 saturated heterocycles. The third-order valence-electron chi connectivity index (χ3n) is 2.27. The lowest BCUT2D eigenvalue weighted by molar-refractivity contribution is 0.495. The Balaban J connectivity index is 3.83. The third kappa shape index (κ3) is 6.61. The molecule has 0 radical (unpaired) electrons. The molecule has 0 aliphatic rings. The summed E-state index contributed by atoms with van der Waals surface area (Å²) in [7, 11) is 0. The average molecular weight is 280 g/mol. The van der Waals surface area contributed by atoms with Gasteiger partial charge >= 0.3 is 0 Å². The van der Waals surface area contributed by atoms with Crippen molar-refractivity contribution < 1.29 is 0 Å². The van der Waals surface area contributed by atoms with Gasteiger partial charge in [-0.2, -0.15) is 0 Å². The first-order valence-electron chi connectivity index (χ1n) is 5.05. The molecule has 0 amide bonds. The molecular weight excluding hydrogens is 262 g/mol. The zero-order chi connectivity index (χ0) is 11.0. The standard InChI is InChI=1S/C10H18Cl4/c1-2-3-9(13)6-10(14)8(7-12)4-5-11/h8-10H,2-7H2,1H3. The molecule has 0 aromatic heterocycles. The second kappa shape index (κ2) is 9.39. The van der Waals surface area contributed by atoms with E-state index < -0.39 is 0 Å². The summed E-state index contributed by atoms with van der Waals surface area (Å²) in [6.07, 6.45) is 3.81. The average Bonchev–Trinajstić information content (AvgIpc) is 2.14. The maximum Gasteiger partial charge on any atom is 0.0390 e. The molecule has 0 nitrogen and oxygen atoms in total. The summed E-state index contributed by atoms with van der Waals surface area (Å²) in [6, 6.07) is 0. The molecule has 0 aromatic rings. The summed E-state index contributed by atoms with van der Waals surface area (Å²) in [5.74, 6) is 1.46. The molecule has 3 atom stereocenters. The predicted octanol–water partition coefficient (Wildman–Crippen LogP) is 4.88. The molecule has 0 aliphatic carbocycles. The van der Waals surface area contributed by atoms with E-state index in [4.69, 9.17) is 46.4 Å². The van der Waals surface area contributed by atoms with Crippen molar-refractivity contribution in [1.29, 1.82) is 0 Å². The Morgan fingerprint density at radius 2 is 1.71 bits per heavy atom. The third-order valence-corrected chi connectivity index (χ3v) is 3.82. The van der Waals surface area contributed by atoms with Gasteiger partial charge in [0.2, 0.25) is 0 Å². The van der Waals surface area contributed by atoms with Crippen molar-refractivity contribution in [3.8, 4) is 0 Å². The highest BCUT2D eigenvalue weighted by atomic mass is 35.5. The first-order chi connectivity index (χ1) is 6.65. The lowest BCUT2D eigenvalue weighted by Crippen LogP contribution is -2.21. The zero-order valence-electron chi connectivity index (χ0n) is 8.49. The van der Waals surface area contributed by atoms with Crippen LogP contribution in [0.25, 0.3) is 0 Å². The van der Waals surface area contributed by atoms with Crippen molar-refractivity contribution in [2.45, 2.75) is 43.4 Å². The van der Waals surface area contributed by atoms with Gasteiger partial charge in [0, 0.05) is 22.5 Å². The van der Waals surface area contributed by atoms with Gasteiger partial charge in [0.1, 0.15) is 0 Å². The van der Waals surface area contributed by atoms with Gasteiger partial charge in [-0.1, -0.05) is 13.3 Å². The molecule has 0 rings (SSSR count). The molecule has 3 unspecified atom stereocenters. The summed E-state index contributed by atoms with van der Waals surface area (Å²) in [6.45, 7) is 2.12. The zero-order valence-corrected chi connectivity index (χ0v) is 11.5. The summed E-state index contributed by atoms with van der Waals surface area (Å²) in [4.78, 5) is 0. The Morgan fingerprint density at radius 3 is 2.14 bits per heavy atom. The molecule has 0 bridgehead atoms. The maximum absolute atomic E-state index is 6.23. The molecule has 0 fully saturated rings. The van der Waals surface area contributed by atoms with Crippen molar-refractivity contribution in [1.82, 2.24) is 0 Å². The van der Waals surface area contributed by atoms with Crippen LogP contribution in [-0.2, 0) is 0 Å². The van der Waals surface area contributed by atoms with Crippen LogP contribution >= 0.6 is 46.4 Å². The van der Waals surface area contributed by atoms with Crippen LogP contribution in [0.5, 0.6) is 0 Å². The van der Waals surface area contributed by atoms with E-state index >= 15 is 0 Å². The van der Waals surface area contributed by atoms with E-state index in [0.29, 0.717) is 11.8 Å². The normalized spacial score (nSPS) is 17.8. The molecule has 0 aromatic carbocycles. The van der Waals surface area contributed by atoms with Crippen molar-refractivity contribution in [2.75, 3.05) is 11.8 Å². The molecule has 0 aliphatic heterocycles. The van der Waals surface area contributed by atoms with E-state index in [1.54, 1.807) is 0 Å².